The van der Waals surface area contributed by atoms with Crippen molar-refractivity contribution >= 4 is 61.6 Å². The highest BCUT2D eigenvalue weighted by Gasteiger charge is 2.31. The second-order valence-corrected chi connectivity index (χ2v) is 6.97. The van der Waals surface area contributed by atoms with E-state index in [4.69, 9.17) is 16.6 Å². The van der Waals surface area contributed by atoms with Crippen molar-refractivity contribution in [1.82, 2.24) is 10.6 Å². The minimum Gasteiger partial charge on any atom is -0.456 e. The average Bonchev–Trinajstić information content (AvgIpc) is 3.02. The van der Waals surface area contributed by atoms with Gasteiger partial charge in [0.05, 0.1) is 0 Å². The zero-order valence-electron chi connectivity index (χ0n) is 13.2. The monoisotopic (exact) mass is 426 g/mol. The lowest BCUT2D eigenvalue weighted by molar-refractivity contribution is -0.123. The standard InChI is InChI=1S/C19H11BrN2O3S/c20-12-7-5-10(6-8-12)15(16-17(23)21-19(26)22-18(16)24)14-9-11-3-1-2-4-13(11)25-14/h1-9H,(H2,21,22,23,24,26). The van der Waals surface area contributed by atoms with Crippen molar-refractivity contribution in [2.45, 2.75) is 0 Å². The van der Waals surface area contributed by atoms with Crippen LogP contribution in [0.4, 0.5) is 0 Å². The average molecular weight is 427 g/mol. The van der Waals surface area contributed by atoms with Crippen LogP contribution in [0, 0.1) is 0 Å². The van der Waals surface area contributed by atoms with Crippen LogP contribution in [0.2, 0.25) is 0 Å². The van der Waals surface area contributed by atoms with Gasteiger partial charge in [-0.25, -0.2) is 0 Å². The van der Waals surface area contributed by atoms with Gasteiger partial charge in [0.15, 0.2) is 5.11 Å². The number of rotatable bonds is 2. The highest BCUT2D eigenvalue weighted by atomic mass is 79.9. The second-order valence-electron chi connectivity index (χ2n) is 5.64. The van der Waals surface area contributed by atoms with E-state index < -0.39 is 11.8 Å². The number of hydrogen-bond donors (Lipinski definition) is 2. The molecule has 3 aromatic rings. The Labute approximate surface area is 162 Å². The minimum atomic E-state index is -0.558. The summed E-state index contributed by atoms with van der Waals surface area (Å²) in [5.41, 5.74) is 1.72. The molecule has 2 heterocycles. The molecule has 2 amide bonds. The summed E-state index contributed by atoms with van der Waals surface area (Å²) >= 11 is 8.28. The summed E-state index contributed by atoms with van der Waals surface area (Å²) in [6, 6.07) is 16.6. The molecule has 4 rings (SSSR count). The van der Waals surface area contributed by atoms with Crippen LogP contribution >= 0.6 is 28.1 Å². The number of carbonyl (C=O) groups excluding carboxylic acids is 2. The third kappa shape index (κ3) is 2.95. The normalized spacial score (nSPS) is 14.3. The quantitative estimate of drug-likeness (QED) is 0.373. The maximum atomic E-state index is 12.5. The molecule has 128 valence electrons. The Morgan fingerprint density at radius 3 is 2.27 bits per heavy atom. The molecule has 7 heteroatoms. The van der Waals surface area contributed by atoms with Gasteiger partial charge in [0.25, 0.3) is 11.8 Å². The lowest BCUT2D eigenvalue weighted by atomic mass is 9.95. The van der Waals surface area contributed by atoms with E-state index in [1.54, 1.807) is 0 Å². The summed E-state index contributed by atoms with van der Waals surface area (Å²) in [4.78, 5) is 25.0. The molecular weight excluding hydrogens is 416 g/mol. The van der Waals surface area contributed by atoms with Crippen LogP contribution in [-0.4, -0.2) is 16.9 Å². The third-order valence-electron chi connectivity index (χ3n) is 3.96. The number of fused-ring (bicyclic) bond motifs is 1. The molecule has 0 bridgehead atoms. The van der Waals surface area contributed by atoms with E-state index >= 15 is 0 Å². The van der Waals surface area contributed by atoms with E-state index in [1.165, 1.54) is 0 Å². The Morgan fingerprint density at radius 1 is 0.962 bits per heavy atom. The molecule has 2 N–H and O–H groups in total. The van der Waals surface area contributed by atoms with Crippen LogP contribution < -0.4 is 10.6 Å². The summed E-state index contributed by atoms with van der Waals surface area (Å²) in [6.45, 7) is 0. The predicted octanol–water partition coefficient (Wildman–Crippen LogP) is 3.53. The van der Waals surface area contributed by atoms with Gasteiger partial charge in [-0.1, -0.05) is 46.3 Å². The highest BCUT2D eigenvalue weighted by molar-refractivity contribution is 9.10. The Hall–Kier alpha value is -2.77. The van der Waals surface area contributed by atoms with E-state index in [0.29, 0.717) is 22.5 Å². The molecule has 1 aromatic heterocycles. The van der Waals surface area contributed by atoms with E-state index in [2.05, 4.69) is 26.6 Å². The zero-order chi connectivity index (χ0) is 18.3. The predicted molar refractivity (Wildman–Crippen MR) is 105 cm³/mol. The fourth-order valence-corrected chi connectivity index (χ4v) is 3.27. The Balaban J connectivity index is 1.99. The van der Waals surface area contributed by atoms with Crippen LogP contribution in [-0.2, 0) is 9.59 Å². The Morgan fingerprint density at radius 2 is 1.62 bits per heavy atom. The summed E-state index contributed by atoms with van der Waals surface area (Å²) < 4.78 is 6.81. The SMILES string of the molecule is O=C1NC(=S)NC(=O)C1=C(c1ccc(Br)cc1)c1cc2ccccc2o1. The lowest BCUT2D eigenvalue weighted by Gasteiger charge is -2.19. The molecule has 1 aliphatic heterocycles. The topological polar surface area (TPSA) is 71.3 Å². The fourth-order valence-electron chi connectivity index (χ4n) is 2.82. The van der Waals surface area contributed by atoms with Crippen molar-refractivity contribution < 1.29 is 14.0 Å². The van der Waals surface area contributed by atoms with Gasteiger partial charge in [0.2, 0.25) is 0 Å². The summed E-state index contributed by atoms with van der Waals surface area (Å²) in [6.07, 6.45) is 0. The van der Waals surface area contributed by atoms with Crippen LogP contribution in [0.15, 0.2) is 69.1 Å². The first kappa shape index (κ1) is 16.7. The molecule has 0 radical (unpaired) electrons. The van der Waals surface area contributed by atoms with Gasteiger partial charge in [-0.05, 0) is 42.0 Å². The summed E-state index contributed by atoms with van der Waals surface area (Å²) in [5.74, 6) is -0.684. The van der Waals surface area contributed by atoms with Gasteiger partial charge in [-0.2, -0.15) is 0 Å². The minimum absolute atomic E-state index is 0.0106. The number of para-hydroxylation sites is 1. The van der Waals surface area contributed by atoms with Crippen LogP contribution in [0.1, 0.15) is 11.3 Å². The number of halogens is 1. The van der Waals surface area contributed by atoms with Crippen molar-refractivity contribution in [1.29, 1.82) is 0 Å². The molecule has 0 spiro atoms. The molecule has 1 fully saturated rings. The number of benzene rings is 2. The molecule has 1 aliphatic rings. The number of nitrogens with one attached hydrogen (secondary N) is 2. The summed E-state index contributed by atoms with van der Waals surface area (Å²) in [7, 11) is 0. The molecule has 26 heavy (non-hydrogen) atoms. The van der Waals surface area contributed by atoms with Crippen molar-refractivity contribution in [2.75, 3.05) is 0 Å². The van der Waals surface area contributed by atoms with Gasteiger partial charge in [0, 0.05) is 15.4 Å². The van der Waals surface area contributed by atoms with E-state index in [1.807, 2.05) is 54.6 Å². The van der Waals surface area contributed by atoms with E-state index in [-0.39, 0.29) is 10.7 Å². The highest BCUT2D eigenvalue weighted by Crippen LogP contribution is 2.33. The molecule has 0 unspecified atom stereocenters. The maximum Gasteiger partial charge on any atom is 0.263 e. The van der Waals surface area contributed by atoms with Crippen molar-refractivity contribution in [3.63, 3.8) is 0 Å². The second kappa shape index (κ2) is 6.51. The van der Waals surface area contributed by atoms with E-state index in [0.717, 1.165) is 9.86 Å². The fraction of sp³-hybridized carbons (Fsp3) is 0. The molecule has 0 atom stereocenters. The molecule has 0 saturated carbocycles. The molecule has 5 nitrogen and oxygen atoms in total. The molecule has 1 saturated heterocycles. The number of furan rings is 1. The first-order valence-electron chi connectivity index (χ1n) is 7.69. The van der Waals surface area contributed by atoms with Crippen molar-refractivity contribution in [3.8, 4) is 0 Å². The molecule has 2 aromatic carbocycles. The largest absolute Gasteiger partial charge is 0.456 e. The first-order chi connectivity index (χ1) is 12.5. The smallest absolute Gasteiger partial charge is 0.263 e. The van der Waals surface area contributed by atoms with Gasteiger partial charge in [-0.15, -0.1) is 0 Å². The van der Waals surface area contributed by atoms with Crippen molar-refractivity contribution in [2.24, 2.45) is 0 Å². The van der Waals surface area contributed by atoms with Crippen molar-refractivity contribution in [3.05, 3.63) is 76.0 Å². The number of carbonyl (C=O) groups is 2. The number of hydrogen-bond acceptors (Lipinski definition) is 4. The van der Waals surface area contributed by atoms with Gasteiger partial charge in [0.1, 0.15) is 16.9 Å². The molecular formula is C19H11BrN2O3S. The lowest BCUT2D eigenvalue weighted by Crippen LogP contribution is -2.51. The van der Waals surface area contributed by atoms with Crippen LogP contribution in [0.5, 0.6) is 0 Å². The number of amides is 2. The van der Waals surface area contributed by atoms with E-state index in [9.17, 15) is 9.59 Å². The maximum absolute atomic E-state index is 12.5. The summed E-state index contributed by atoms with van der Waals surface area (Å²) in [5, 5.41) is 5.82. The van der Waals surface area contributed by atoms with Crippen LogP contribution in [0.3, 0.4) is 0 Å². The van der Waals surface area contributed by atoms with Crippen LogP contribution in [0.25, 0.3) is 16.5 Å². The number of thiocarbonyl (C=S) groups is 1. The molecule has 0 aliphatic carbocycles. The van der Waals surface area contributed by atoms with Gasteiger partial charge < -0.3 is 4.42 Å². The van der Waals surface area contributed by atoms with Gasteiger partial charge in [-0.3, -0.25) is 20.2 Å². The zero-order valence-corrected chi connectivity index (χ0v) is 15.6. The Bertz CT molecular complexity index is 1040. The van der Waals surface area contributed by atoms with Gasteiger partial charge >= 0.3 is 0 Å². The Kier molecular flexibility index (Phi) is 4.18. The first-order valence-corrected chi connectivity index (χ1v) is 8.89. The third-order valence-corrected chi connectivity index (χ3v) is 4.70.